The summed E-state index contributed by atoms with van der Waals surface area (Å²) in [7, 11) is -0.543. The molecule has 0 aliphatic carbocycles. The molecule has 0 saturated heterocycles. The lowest BCUT2D eigenvalue weighted by molar-refractivity contribution is 0.185. The molecule has 0 radical (unpaired) electrons. The second kappa shape index (κ2) is 8.49. The Balaban J connectivity index is 2.69. The molecule has 22 heavy (non-hydrogen) atoms. The van der Waals surface area contributed by atoms with Gasteiger partial charge in [0.2, 0.25) is 0 Å². The smallest absolute Gasteiger partial charge is 0.318 e. The highest BCUT2D eigenvalue weighted by atomic mass is 28.3. The number of rotatable bonds is 9. The van der Waals surface area contributed by atoms with E-state index in [9.17, 15) is 9.18 Å². The molecule has 0 N–H and O–H groups in total. The molecule has 0 heterocycles. The van der Waals surface area contributed by atoms with Gasteiger partial charge in [-0.05, 0) is 30.0 Å². The summed E-state index contributed by atoms with van der Waals surface area (Å²) in [5, 5.41) is 1.22. The van der Waals surface area contributed by atoms with Crippen LogP contribution in [-0.4, -0.2) is 32.7 Å². The van der Waals surface area contributed by atoms with Crippen LogP contribution in [0.5, 0.6) is 0 Å². The quantitative estimate of drug-likeness (QED) is 0.293. The van der Waals surface area contributed by atoms with E-state index in [2.05, 4.69) is 37.9 Å². The fourth-order valence-electron chi connectivity index (χ4n) is 2.37. The number of hydrogen-bond acceptors (Lipinski definition) is 1. The van der Waals surface area contributed by atoms with Crippen molar-refractivity contribution in [3.05, 3.63) is 66.7 Å². The van der Waals surface area contributed by atoms with Gasteiger partial charge in [-0.15, -0.1) is 24.1 Å². The minimum Gasteiger partial charge on any atom is -0.318 e. The third kappa shape index (κ3) is 4.53. The van der Waals surface area contributed by atoms with Crippen molar-refractivity contribution >= 4 is 19.4 Å². The Bertz CT molecular complexity index is 534. The molecule has 0 aromatic heterocycles. The predicted molar refractivity (Wildman–Crippen MR) is 94.5 cm³/mol. The van der Waals surface area contributed by atoms with E-state index in [1.807, 2.05) is 23.2 Å². The maximum absolute atomic E-state index is 12.4. The maximum Gasteiger partial charge on any atom is 0.399 e. The Hall–Kier alpha value is -1.94. The number of benzene rings is 1. The average molecular weight is 317 g/mol. The molecule has 0 aliphatic heterocycles. The van der Waals surface area contributed by atoms with Crippen LogP contribution in [0.4, 0.5) is 9.18 Å². The Kier molecular flexibility index (Phi) is 6.99. The molecule has 4 heteroatoms. The van der Waals surface area contributed by atoms with E-state index < -0.39 is 14.2 Å². The van der Waals surface area contributed by atoms with Crippen LogP contribution in [0.3, 0.4) is 0 Å². The predicted octanol–water partition coefficient (Wildman–Crippen LogP) is 3.86. The summed E-state index contributed by atoms with van der Waals surface area (Å²) in [6.45, 7) is 12.3. The molecule has 0 atom stereocenters. The molecular weight excluding hydrogens is 293 g/mol. The van der Waals surface area contributed by atoms with Gasteiger partial charge in [-0.2, -0.15) is 0 Å². The first-order valence-corrected chi connectivity index (χ1v) is 9.63. The molecule has 0 aliphatic rings. The minimum absolute atomic E-state index is 0.444. The molecule has 0 spiro atoms. The zero-order valence-electron chi connectivity index (χ0n) is 13.2. The third-order valence-corrected chi connectivity index (χ3v) is 7.29. The highest BCUT2D eigenvalue weighted by Crippen LogP contribution is 2.11. The summed E-state index contributed by atoms with van der Waals surface area (Å²) < 4.78 is 12.4. The van der Waals surface area contributed by atoms with Crippen molar-refractivity contribution < 1.29 is 9.18 Å². The highest BCUT2D eigenvalue weighted by molar-refractivity contribution is 7.03. The van der Waals surface area contributed by atoms with Crippen LogP contribution in [0.15, 0.2) is 61.1 Å². The van der Waals surface area contributed by atoms with E-state index in [1.54, 1.807) is 0 Å². The molecular formula is C18H24FNOSi. The number of unbranched alkanes of at least 4 members (excludes halogenated alkanes) is 1. The SMILES string of the molecule is C=C[Si](C=C)(C=C)c1cccc(CCCCN(C)C(=O)F)c1. The number of hydrogen-bond donors (Lipinski definition) is 0. The van der Waals surface area contributed by atoms with Crippen LogP contribution in [0, 0.1) is 0 Å². The largest absolute Gasteiger partial charge is 0.399 e. The van der Waals surface area contributed by atoms with E-state index in [0.717, 1.165) is 24.2 Å². The number of carbonyl (C=O) groups is 1. The standard InChI is InChI=1S/C18H24FNOSi/c1-5-22(6-2,7-3)17-13-10-12-16(15-17)11-8-9-14-20(4)18(19)21/h5-7,10,12-13,15H,1-3,8-9,11,14H2,4H3. The first-order chi connectivity index (χ1) is 10.5. The van der Waals surface area contributed by atoms with Gasteiger partial charge in [-0.3, -0.25) is 0 Å². The summed E-state index contributed by atoms with van der Waals surface area (Å²) in [4.78, 5) is 11.6. The number of amides is 1. The van der Waals surface area contributed by atoms with Gasteiger partial charge >= 0.3 is 6.16 Å². The van der Waals surface area contributed by atoms with Gasteiger partial charge in [0.15, 0.2) is 8.07 Å². The molecule has 118 valence electrons. The Morgan fingerprint density at radius 2 is 1.86 bits per heavy atom. The van der Waals surface area contributed by atoms with Crippen molar-refractivity contribution in [3.8, 4) is 0 Å². The fourth-order valence-corrected chi connectivity index (χ4v) is 4.39. The van der Waals surface area contributed by atoms with E-state index in [0.29, 0.717) is 6.54 Å². The second-order valence-electron chi connectivity index (χ2n) is 5.38. The normalized spacial score (nSPS) is 10.8. The lowest BCUT2D eigenvalue weighted by Gasteiger charge is -2.21. The molecule has 0 bridgehead atoms. The summed E-state index contributed by atoms with van der Waals surface area (Å²) in [6.07, 6.45) is 1.22. The average Bonchev–Trinajstić information content (AvgIpc) is 2.54. The van der Waals surface area contributed by atoms with Crippen molar-refractivity contribution in [1.82, 2.24) is 4.90 Å². The van der Waals surface area contributed by atoms with Gasteiger partial charge in [-0.1, -0.05) is 41.4 Å². The van der Waals surface area contributed by atoms with Crippen LogP contribution in [0.25, 0.3) is 0 Å². The van der Waals surface area contributed by atoms with E-state index in [1.165, 1.54) is 17.8 Å². The minimum atomic E-state index is -2.02. The number of nitrogens with zero attached hydrogens (tertiary/aromatic N) is 1. The van der Waals surface area contributed by atoms with Gasteiger partial charge in [0.05, 0.1) is 0 Å². The van der Waals surface area contributed by atoms with Crippen molar-refractivity contribution in [2.45, 2.75) is 19.3 Å². The van der Waals surface area contributed by atoms with Gasteiger partial charge in [0.1, 0.15) is 0 Å². The van der Waals surface area contributed by atoms with Crippen LogP contribution < -0.4 is 5.19 Å². The van der Waals surface area contributed by atoms with E-state index in [-0.39, 0.29) is 0 Å². The zero-order chi connectivity index (χ0) is 16.6. The van der Waals surface area contributed by atoms with Crippen molar-refractivity contribution in [1.29, 1.82) is 0 Å². The Morgan fingerprint density at radius 1 is 1.23 bits per heavy atom. The topological polar surface area (TPSA) is 20.3 Å². The van der Waals surface area contributed by atoms with Crippen molar-refractivity contribution in [2.75, 3.05) is 13.6 Å². The Morgan fingerprint density at radius 3 is 2.41 bits per heavy atom. The van der Waals surface area contributed by atoms with Crippen LogP contribution in [0.2, 0.25) is 0 Å². The highest BCUT2D eigenvalue weighted by Gasteiger charge is 2.24. The van der Waals surface area contributed by atoms with Gasteiger partial charge in [-0.25, -0.2) is 4.79 Å². The molecule has 1 amide bonds. The molecule has 1 aromatic rings. The maximum atomic E-state index is 12.4. The van der Waals surface area contributed by atoms with Crippen LogP contribution in [0.1, 0.15) is 18.4 Å². The summed E-state index contributed by atoms with van der Waals surface area (Å²) in [5.41, 5.74) is 7.13. The Labute approximate surface area is 133 Å². The summed E-state index contributed by atoms with van der Waals surface area (Å²) in [5.74, 6) is 0. The summed E-state index contributed by atoms with van der Waals surface area (Å²) >= 11 is 0. The number of carbonyl (C=O) groups excluding carboxylic acids is 1. The monoisotopic (exact) mass is 317 g/mol. The molecule has 1 aromatic carbocycles. The summed E-state index contributed by atoms with van der Waals surface area (Å²) in [6, 6.07) is 8.40. The molecule has 0 saturated carbocycles. The van der Waals surface area contributed by atoms with E-state index in [4.69, 9.17) is 0 Å². The first kappa shape index (κ1) is 18.1. The van der Waals surface area contributed by atoms with Crippen LogP contribution >= 0.6 is 0 Å². The van der Waals surface area contributed by atoms with E-state index >= 15 is 0 Å². The van der Waals surface area contributed by atoms with Crippen LogP contribution in [-0.2, 0) is 6.42 Å². The molecule has 0 fully saturated rings. The zero-order valence-corrected chi connectivity index (χ0v) is 14.2. The lowest BCUT2D eigenvalue weighted by atomic mass is 10.1. The lowest BCUT2D eigenvalue weighted by Crippen LogP contribution is -2.42. The number of aryl methyl sites for hydroxylation is 1. The molecule has 0 unspecified atom stereocenters. The van der Waals surface area contributed by atoms with Gasteiger partial charge < -0.3 is 4.90 Å². The van der Waals surface area contributed by atoms with Crippen molar-refractivity contribution in [2.24, 2.45) is 0 Å². The van der Waals surface area contributed by atoms with Crippen molar-refractivity contribution in [3.63, 3.8) is 0 Å². The molecule has 2 nitrogen and oxygen atoms in total. The van der Waals surface area contributed by atoms with Gasteiger partial charge in [0.25, 0.3) is 0 Å². The number of halogens is 1. The second-order valence-corrected chi connectivity index (χ2v) is 9.05. The van der Waals surface area contributed by atoms with Gasteiger partial charge in [0, 0.05) is 13.6 Å². The molecule has 1 rings (SSSR count). The fraction of sp³-hybridized carbons (Fsp3) is 0.278. The first-order valence-electron chi connectivity index (χ1n) is 7.40. The third-order valence-electron chi connectivity index (χ3n) is 3.95.